The van der Waals surface area contributed by atoms with Crippen LogP contribution in [0.3, 0.4) is 0 Å². The number of rotatable bonds is 11. The van der Waals surface area contributed by atoms with Gasteiger partial charge in [-0.25, -0.2) is 0 Å². The van der Waals surface area contributed by atoms with Gasteiger partial charge in [-0.2, -0.15) is 0 Å². The van der Waals surface area contributed by atoms with E-state index in [0.29, 0.717) is 17.8 Å². The third-order valence-corrected chi connectivity index (χ3v) is 5.95. The van der Waals surface area contributed by atoms with Crippen LogP contribution in [0.5, 0.6) is 11.5 Å². The van der Waals surface area contributed by atoms with Gasteiger partial charge >= 0.3 is 0 Å². The van der Waals surface area contributed by atoms with Crippen LogP contribution in [-0.2, 0) is 6.42 Å². The van der Waals surface area contributed by atoms with Crippen molar-refractivity contribution in [3.05, 3.63) is 71.3 Å². The molecule has 2 atom stereocenters. The molecule has 2 rings (SSSR count). The summed E-state index contributed by atoms with van der Waals surface area (Å²) in [5.41, 5.74) is 5.19. The van der Waals surface area contributed by atoms with Crippen molar-refractivity contribution in [2.24, 2.45) is 5.92 Å². The van der Waals surface area contributed by atoms with Gasteiger partial charge in [0.25, 0.3) is 0 Å². The first-order chi connectivity index (χ1) is 15.0. The molecule has 0 saturated heterocycles. The average molecular weight is 437 g/mol. The largest absolute Gasteiger partial charge is 0.491 e. The van der Waals surface area contributed by atoms with Gasteiger partial charge in [-0.15, -0.1) is 6.58 Å². The summed E-state index contributed by atoms with van der Waals surface area (Å²) in [5.74, 6) is 3.46. The SMILES string of the molecule is C=CC(c1cc(C(C)C)ccc1OC(C)C)C(C)Cc1cc(C(C)C)ccc1OC(C)C. The Kier molecular flexibility index (Phi) is 9.43. The molecule has 0 aliphatic heterocycles. The van der Waals surface area contributed by atoms with Crippen molar-refractivity contribution in [1.29, 1.82) is 0 Å². The normalized spacial score (nSPS) is 13.7. The van der Waals surface area contributed by atoms with E-state index < -0.39 is 0 Å². The first kappa shape index (κ1) is 26.0. The Balaban J connectivity index is 2.45. The molecule has 2 heteroatoms. The highest BCUT2D eigenvalue weighted by atomic mass is 16.5. The van der Waals surface area contributed by atoms with Crippen molar-refractivity contribution in [2.45, 2.75) is 98.7 Å². The molecule has 2 aromatic rings. The maximum Gasteiger partial charge on any atom is 0.123 e. The van der Waals surface area contributed by atoms with Crippen LogP contribution >= 0.6 is 0 Å². The predicted molar refractivity (Wildman–Crippen MR) is 138 cm³/mol. The lowest BCUT2D eigenvalue weighted by atomic mass is 9.81. The number of allylic oxidation sites excluding steroid dienone is 1. The Labute approximate surface area is 197 Å². The molecule has 0 amide bonds. The fourth-order valence-corrected chi connectivity index (χ4v) is 4.17. The van der Waals surface area contributed by atoms with Gasteiger partial charge in [0, 0.05) is 11.5 Å². The number of hydrogen-bond donors (Lipinski definition) is 0. The fourth-order valence-electron chi connectivity index (χ4n) is 4.17. The lowest BCUT2D eigenvalue weighted by Crippen LogP contribution is -2.16. The molecule has 2 aromatic carbocycles. The summed E-state index contributed by atoms with van der Waals surface area (Å²) in [4.78, 5) is 0. The highest BCUT2D eigenvalue weighted by molar-refractivity contribution is 5.44. The van der Waals surface area contributed by atoms with Crippen molar-refractivity contribution >= 4 is 0 Å². The van der Waals surface area contributed by atoms with Crippen molar-refractivity contribution in [1.82, 2.24) is 0 Å². The molecule has 176 valence electrons. The van der Waals surface area contributed by atoms with Crippen molar-refractivity contribution < 1.29 is 9.47 Å². The number of hydrogen-bond acceptors (Lipinski definition) is 2. The summed E-state index contributed by atoms with van der Waals surface area (Å²) in [6.45, 7) is 23.8. The van der Waals surface area contributed by atoms with Gasteiger partial charge in [-0.05, 0) is 80.7 Å². The monoisotopic (exact) mass is 436 g/mol. The summed E-state index contributed by atoms with van der Waals surface area (Å²) in [5, 5.41) is 0. The van der Waals surface area contributed by atoms with Crippen LogP contribution < -0.4 is 9.47 Å². The van der Waals surface area contributed by atoms with Crippen molar-refractivity contribution in [3.8, 4) is 11.5 Å². The molecule has 0 aliphatic rings. The van der Waals surface area contributed by atoms with Gasteiger partial charge in [0.1, 0.15) is 11.5 Å². The molecule has 0 aromatic heterocycles. The van der Waals surface area contributed by atoms with E-state index in [1.54, 1.807) is 0 Å². The summed E-state index contributed by atoms with van der Waals surface area (Å²) in [7, 11) is 0. The van der Waals surface area contributed by atoms with Crippen LogP contribution in [0.2, 0.25) is 0 Å². The molecule has 2 nitrogen and oxygen atoms in total. The molecular weight excluding hydrogens is 392 g/mol. The van der Waals surface area contributed by atoms with Crippen molar-refractivity contribution in [3.63, 3.8) is 0 Å². The Morgan fingerprint density at radius 2 is 1.22 bits per heavy atom. The van der Waals surface area contributed by atoms with Crippen LogP contribution in [0, 0.1) is 5.92 Å². The lowest BCUT2D eigenvalue weighted by Gasteiger charge is -2.27. The van der Waals surface area contributed by atoms with Crippen LogP contribution in [0.4, 0.5) is 0 Å². The average Bonchev–Trinajstić information content (AvgIpc) is 2.69. The van der Waals surface area contributed by atoms with Gasteiger partial charge in [0.2, 0.25) is 0 Å². The second-order valence-corrected chi connectivity index (χ2v) is 10.2. The molecule has 0 radical (unpaired) electrons. The first-order valence-corrected chi connectivity index (χ1v) is 12.3. The van der Waals surface area contributed by atoms with E-state index in [-0.39, 0.29) is 18.1 Å². The number of ether oxygens (including phenoxy) is 2. The van der Waals surface area contributed by atoms with E-state index in [1.807, 2.05) is 0 Å². The third-order valence-electron chi connectivity index (χ3n) is 5.95. The van der Waals surface area contributed by atoms with E-state index in [1.165, 1.54) is 22.3 Å². The summed E-state index contributed by atoms with van der Waals surface area (Å²) < 4.78 is 12.4. The highest BCUT2D eigenvalue weighted by Crippen LogP contribution is 2.38. The first-order valence-electron chi connectivity index (χ1n) is 12.3. The molecular formula is C30H44O2. The number of benzene rings is 2. The molecule has 0 aliphatic carbocycles. The van der Waals surface area contributed by atoms with Crippen LogP contribution in [0.1, 0.15) is 102 Å². The minimum Gasteiger partial charge on any atom is -0.491 e. The molecule has 0 spiro atoms. The van der Waals surface area contributed by atoms with Gasteiger partial charge in [0.05, 0.1) is 12.2 Å². The Morgan fingerprint density at radius 1 is 0.719 bits per heavy atom. The smallest absolute Gasteiger partial charge is 0.123 e. The van der Waals surface area contributed by atoms with Crippen LogP contribution in [0.25, 0.3) is 0 Å². The van der Waals surface area contributed by atoms with Gasteiger partial charge in [0.15, 0.2) is 0 Å². The maximum absolute atomic E-state index is 6.22. The van der Waals surface area contributed by atoms with E-state index >= 15 is 0 Å². The third kappa shape index (κ3) is 6.89. The molecule has 32 heavy (non-hydrogen) atoms. The van der Waals surface area contributed by atoms with E-state index in [0.717, 1.165) is 17.9 Å². The minimum absolute atomic E-state index is 0.133. The zero-order chi connectivity index (χ0) is 24.0. The molecule has 0 bridgehead atoms. The van der Waals surface area contributed by atoms with E-state index in [4.69, 9.17) is 9.47 Å². The molecule has 0 fully saturated rings. The maximum atomic E-state index is 6.22. The summed E-state index contributed by atoms with van der Waals surface area (Å²) >= 11 is 0. The molecule has 2 unspecified atom stereocenters. The second kappa shape index (κ2) is 11.6. The fraction of sp³-hybridized carbons (Fsp3) is 0.533. The van der Waals surface area contributed by atoms with E-state index in [9.17, 15) is 0 Å². The van der Waals surface area contributed by atoms with Crippen molar-refractivity contribution in [2.75, 3.05) is 0 Å². The zero-order valence-corrected chi connectivity index (χ0v) is 21.7. The van der Waals surface area contributed by atoms with Gasteiger partial charge in [-0.1, -0.05) is 65.0 Å². The second-order valence-electron chi connectivity index (χ2n) is 10.2. The predicted octanol–water partition coefficient (Wildman–Crippen LogP) is 8.66. The molecule has 0 saturated carbocycles. The van der Waals surface area contributed by atoms with Gasteiger partial charge in [-0.3, -0.25) is 0 Å². The van der Waals surface area contributed by atoms with E-state index in [2.05, 4.69) is 111 Å². The Morgan fingerprint density at radius 3 is 1.72 bits per heavy atom. The Hall–Kier alpha value is -2.22. The summed E-state index contributed by atoms with van der Waals surface area (Å²) in [6, 6.07) is 13.3. The minimum atomic E-state index is 0.133. The Bertz CT molecular complexity index is 876. The topological polar surface area (TPSA) is 18.5 Å². The summed E-state index contributed by atoms with van der Waals surface area (Å²) in [6.07, 6.45) is 3.30. The molecule has 0 N–H and O–H groups in total. The quantitative estimate of drug-likeness (QED) is 0.328. The van der Waals surface area contributed by atoms with Crippen LogP contribution in [-0.4, -0.2) is 12.2 Å². The molecule has 0 heterocycles. The standard InChI is InChI=1S/C30H44O2/c1-11-27(28-18-25(20(4)5)13-15-30(28)32-22(8)9)23(10)16-26-17-24(19(2)3)12-14-29(26)31-21(6)7/h11-15,17-23,27H,1,16H2,2-10H3. The van der Waals surface area contributed by atoms with Crippen LogP contribution in [0.15, 0.2) is 49.1 Å². The zero-order valence-electron chi connectivity index (χ0n) is 21.7. The van der Waals surface area contributed by atoms with Gasteiger partial charge < -0.3 is 9.47 Å². The lowest BCUT2D eigenvalue weighted by molar-refractivity contribution is 0.236. The highest BCUT2D eigenvalue weighted by Gasteiger charge is 2.23.